The van der Waals surface area contributed by atoms with Gasteiger partial charge in [0.25, 0.3) is 0 Å². The molecule has 0 saturated heterocycles. The highest BCUT2D eigenvalue weighted by Gasteiger charge is 2.34. The largest absolute Gasteiger partial charge is 0.325 e. The van der Waals surface area contributed by atoms with Gasteiger partial charge in [0.05, 0.1) is 0 Å². The van der Waals surface area contributed by atoms with Crippen LogP contribution in [-0.4, -0.2) is 5.54 Å². The summed E-state index contributed by atoms with van der Waals surface area (Å²) >= 11 is 0. The molecule has 19 heavy (non-hydrogen) atoms. The van der Waals surface area contributed by atoms with Gasteiger partial charge in [-0.05, 0) is 61.3 Å². The van der Waals surface area contributed by atoms with E-state index in [9.17, 15) is 4.39 Å². The quantitative estimate of drug-likeness (QED) is 0.868. The van der Waals surface area contributed by atoms with E-state index in [2.05, 4.69) is 13.8 Å². The molecule has 2 heteroatoms. The molecule has 0 amide bonds. The Balaban J connectivity index is 2.14. The number of benzene rings is 1. The molecule has 0 aliphatic heterocycles. The second-order valence-corrected chi connectivity index (χ2v) is 6.71. The lowest BCUT2D eigenvalue weighted by molar-refractivity contribution is 0.182. The summed E-state index contributed by atoms with van der Waals surface area (Å²) in [6.45, 7) is 6.61. The van der Waals surface area contributed by atoms with E-state index in [0.717, 1.165) is 30.4 Å². The fraction of sp³-hybridized carbons (Fsp3) is 0.647. The molecule has 1 nitrogen and oxygen atoms in total. The minimum Gasteiger partial charge on any atom is -0.325 e. The van der Waals surface area contributed by atoms with Crippen LogP contribution in [0.4, 0.5) is 4.39 Å². The summed E-state index contributed by atoms with van der Waals surface area (Å²) in [6.07, 6.45) is 5.43. The maximum atomic E-state index is 13.4. The predicted molar refractivity (Wildman–Crippen MR) is 78.6 cm³/mol. The zero-order valence-corrected chi connectivity index (χ0v) is 12.4. The molecule has 1 aliphatic carbocycles. The van der Waals surface area contributed by atoms with Crippen LogP contribution in [0.1, 0.15) is 50.7 Å². The molecule has 1 aliphatic rings. The topological polar surface area (TPSA) is 26.0 Å². The standard InChI is InChI=1S/C17H26FN/c1-12(2)14-5-4-8-17(19,10-14)11-15-9-16(18)7-6-13(15)3/h6-7,9,12,14H,4-5,8,10-11,19H2,1-3H3. The van der Waals surface area contributed by atoms with Crippen LogP contribution in [0.25, 0.3) is 0 Å². The van der Waals surface area contributed by atoms with Crippen LogP contribution in [0.3, 0.4) is 0 Å². The van der Waals surface area contributed by atoms with Gasteiger partial charge < -0.3 is 5.73 Å². The highest BCUT2D eigenvalue weighted by molar-refractivity contribution is 5.28. The summed E-state index contributed by atoms with van der Waals surface area (Å²) in [7, 11) is 0. The van der Waals surface area contributed by atoms with Crippen molar-refractivity contribution in [3.05, 3.63) is 35.1 Å². The molecule has 106 valence electrons. The Bertz CT molecular complexity index is 441. The summed E-state index contributed by atoms with van der Waals surface area (Å²) < 4.78 is 13.4. The molecule has 2 atom stereocenters. The molecule has 0 spiro atoms. The van der Waals surface area contributed by atoms with Gasteiger partial charge in [-0.1, -0.05) is 32.8 Å². The molecule has 0 radical (unpaired) electrons. The first-order valence-corrected chi connectivity index (χ1v) is 7.43. The van der Waals surface area contributed by atoms with E-state index >= 15 is 0 Å². The molecule has 2 N–H and O–H groups in total. The van der Waals surface area contributed by atoms with Crippen molar-refractivity contribution < 1.29 is 4.39 Å². The van der Waals surface area contributed by atoms with Gasteiger partial charge in [0, 0.05) is 5.54 Å². The number of rotatable bonds is 3. The summed E-state index contributed by atoms with van der Waals surface area (Å²) in [6, 6.07) is 5.04. The van der Waals surface area contributed by atoms with Crippen LogP contribution in [-0.2, 0) is 6.42 Å². The van der Waals surface area contributed by atoms with Crippen LogP contribution in [0.15, 0.2) is 18.2 Å². The van der Waals surface area contributed by atoms with Crippen molar-refractivity contribution in [1.29, 1.82) is 0 Å². The van der Waals surface area contributed by atoms with E-state index in [-0.39, 0.29) is 11.4 Å². The van der Waals surface area contributed by atoms with Crippen LogP contribution in [0.5, 0.6) is 0 Å². The molecule has 1 saturated carbocycles. The van der Waals surface area contributed by atoms with E-state index in [0.29, 0.717) is 11.8 Å². The lowest BCUT2D eigenvalue weighted by Crippen LogP contribution is -2.47. The van der Waals surface area contributed by atoms with Gasteiger partial charge in [-0.25, -0.2) is 4.39 Å². The third kappa shape index (κ3) is 3.56. The molecular formula is C17H26FN. The van der Waals surface area contributed by atoms with E-state index < -0.39 is 0 Å². The van der Waals surface area contributed by atoms with Gasteiger partial charge in [-0.15, -0.1) is 0 Å². The first-order valence-electron chi connectivity index (χ1n) is 7.43. The van der Waals surface area contributed by atoms with Crippen LogP contribution in [0.2, 0.25) is 0 Å². The molecule has 2 unspecified atom stereocenters. The number of hydrogen-bond acceptors (Lipinski definition) is 1. The molecule has 0 aromatic heterocycles. The number of hydrogen-bond donors (Lipinski definition) is 1. The molecule has 1 aromatic rings. The smallest absolute Gasteiger partial charge is 0.123 e. The first kappa shape index (κ1) is 14.5. The Kier molecular flexibility index (Phi) is 4.29. The van der Waals surface area contributed by atoms with Crippen molar-refractivity contribution in [1.82, 2.24) is 0 Å². The first-order chi connectivity index (χ1) is 8.89. The van der Waals surface area contributed by atoms with Crippen LogP contribution in [0, 0.1) is 24.6 Å². The summed E-state index contributed by atoms with van der Waals surface area (Å²) in [5.74, 6) is 1.25. The van der Waals surface area contributed by atoms with Crippen LogP contribution >= 0.6 is 0 Å². The second kappa shape index (κ2) is 5.62. The zero-order valence-electron chi connectivity index (χ0n) is 12.4. The van der Waals surface area contributed by atoms with E-state index in [1.54, 1.807) is 6.07 Å². The van der Waals surface area contributed by atoms with Gasteiger partial charge in [0.15, 0.2) is 0 Å². The van der Waals surface area contributed by atoms with Crippen molar-refractivity contribution >= 4 is 0 Å². The average molecular weight is 263 g/mol. The Labute approximate surface area is 116 Å². The van der Waals surface area contributed by atoms with Crippen LogP contribution < -0.4 is 5.73 Å². The second-order valence-electron chi connectivity index (χ2n) is 6.71. The third-order valence-electron chi connectivity index (χ3n) is 4.71. The molecule has 0 bridgehead atoms. The monoisotopic (exact) mass is 263 g/mol. The molecule has 1 fully saturated rings. The minimum atomic E-state index is -0.152. The Hall–Kier alpha value is -0.890. The van der Waals surface area contributed by atoms with Crippen molar-refractivity contribution in [2.75, 3.05) is 0 Å². The summed E-state index contributed by atoms with van der Waals surface area (Å²) in [5, 5.41) is 0. The SMILES string of the molecule is Cc1ccc(F)cc1CC1(N)CCCC(C(C)C)C1. The van der Waals surface area contributed by atoms with Gasteiger partial charge in [-0.3, -0.25) is 0 Å². The average Bonchev–Trinajstić information content (AvgIpc) is 2.33. The van der Waals surface area contributed by atoms with Gasteiger partial charge in [0.1, 0.15) is 5.82 Å². The van der Waals surface area contributed by atoms with Crippen molar-refractivity contribution in [3.8, 4) is 0 Å². The fourth-order valence-corrected chi connectivity index (χ4v) is 3.38. The Morgan fingerprint density at radius 1 is 1.42 bits per heavy atom. The predicted octanol–water partition coefficient (Wildman–Crippen LogP) is 4.22. The van der Waals surface area contributed by atoms with Crippen molar-refractivity contribution in [3.63, 3.8) is 0 Å². The molecular weight excluding hydrogens is 237 g/mol. The zero-order chi connectivity index (χ0) is 14.0. The third-order valence-corrected chi connectivity index (χ3v) is 4.71. The summed E-state index contributed by atoms with van der Waals surface area (Å²) in [4.78, 5) is 0. The van der Waals surface area contributed by atoms with Gasteiger partial charge in [-0.2, -0.15) is 0 Å². The summed E-state index contributed by atoms with van der Waals surface area (Å²) in [5.41, 5.74) is 8.70. The number of aryl methyl sites for hydroxylation is 1. The van der Waals surface area contributed by atoms with Gasteiger partial charge in [0.2, 0.25) is 0 Å². The number of nitrogens with two attached hydrogens (primary N) is 1. The van der Waals surface area contributed by atoms with E-state index in [1.165, 1.54) is 18.9 Å². The lowest BCUT2D eigenvalue weighted by Gasteiger charge is -2.40. The maximum Gasteiger partial charge on any atom is 0.123 e. The minimum absolute atomic E-state index is 0.147. The molecule has 2 rings (SSSR count). The van der Waals surface area contributed by atoms with E-state index in [1.807, 2.05) is 13.0 Å². The molecule has 1 aromatic carbocycles. The maximum absolute atomic E-state index is 13.4. The van der Waals surface area contributed by atoms with Crippen molar-refractivity contribution in [2.45, 2.75) is 58.4 Å². The van der Waals surface area contributed by atoms with E-state index in [4.69, 9.17) is 5.73 Å². The van der Waals surface area contributed by atoms with Gasteiger partial charge >= 0.3 is 0 Å². The fourth-order valence-electron chi connectivity index (χ4n) is 3.38. The molecule has 0 heterocycles. The normalized spacial score (nSPS) is 27.8. The lowest BCUT2D eigenvalue weighted by atomic mass is 9.70. The highest BCUT2D eigenvalue weighted by Crippen LogP contribution is 2.37. The Morgan fingerprint density at radius 2 is 2.16 bits per heavy atom. The highest BCUT2D eigenvalue weighted by atomic mass is 19.1. The van der Waals surface area contributed by atoms with Crippen molar-refractivity contribution in [2.24, 2.45) is 17.6 Å². The number of halogens is 1. The Morgan fingerprint density at radius 3 is 2.84 bits per heavy atom.